The van der Waals surface area contributed by atoms with Gasteiger partial charge in [0, 0.05) is 7.05 Å². The molecule has 0 saturated heterocycles. The number of halogens is 1. The maximum Gasteiger partial charge on any atom is 0.329 e. The third kappa shape index (κ3) is 1.36. The number of aryl methyl sites for hydroxylation is 1. The zero-order valence-corrected chi connectivity index (χ0v) is 8.92. The number of imidazole rings is 1. The number of hydrogen-bond donors (Lipinski definition) is 2. The molecule has 0 aromatic carbocycles. The normalized spacial score (nSPS) is 11.2. The molecule has 9 heteroatoms. The lowest BCUT2D eigenvalue weighted by molar-refractivity contribution is 0.271. The second-order valence-corrected chi connectivity index (χ2v) is 3.54. The molecule has 0 amide bonds. The number of rotatable bonds is 2. The van der Waals surface area contributed by atoms with Gasteiger partial charge in [0.2, 0.25) is 0 Å². The molecule has 0 radical (unpaired) electrons. The molecular weight excluding hydrogens is 239 g/mol. The minimum Gasteiger partial charge on any atom is -0.388 e. The number of aliphatic hydroxyl groups is 1. The highest BCUT2D eigenvalue weighted by molar-refractivity contribution is 7.92. The number of aromatic nitrogens is 4. The van der Waals surface area contributed by atoms with Crippen LogP contribution in [0.5, 0.6) is 0 Å². The molecule has 2 heterocycles. The van der Waals surface area contributed by atoms with Gasteiger partial charge in [-0.3, -0.25) is 14.3 Å². The molecule has 2 N–H and O–H groups in total. The lowest BCUT2D eigenvalue weighted by Crippen LogP contribution is -2.28. The summed E-state index contributed by atoms with van der Waals surface area (Å²) in [6.07, 6.45) is 0. The first kappa shape index (κ1) is 10.9. The summed E-state index contributed by atoms with van der Waals surface area (Å²) in [6.45, 7) is -0.529. The lowest BCUT2D eigenvalue weighted by atomic mass is 10.5. The first-order chi connectivity index (χ1) is 7.60. The van der Waals surface area contributed by atoms with E-state index in [1.165, 1.54) is 7.05 Å². The van der Waals surface area contributed by atoms with Crippen LogP contribution in [0.3, 0.4) is 0 Å². The Balaban J connectivity index is 3.03. The van der Waals surface area contributed by atoms with Gasteiger partial charge in [0.25, 0.3) is 5.56 Å². The molecule has 0 aliphatic heterocycles. The van der Waals surface area contributed by atoms with Gasteiger partial charge in [0.05, 0.1) is 0 Å². The number of aromatic amines is 1. The van der Waals surface area contributed by atoms with Crippen molar-refractivity contribution >= 4 is 23.5 Å². The van der Waals surface area contributed by atoms with Crippen molar-refractivity contribution < 1.29 is 8.99 Å². The van der Waals surface area contributed by atoms with Gasteiger partial charge in [-0.1, -0.05) is 0 Å². The smallest absolute Gasteiger partial charge is 0.329 e. The van der Waals surface area contributed by atoms with E-state index in [9.17, 15) is 13.5 Å². The largest absolute Gasteiger partial charge is 0.388 e. The van der Waals surface area contributed by atoms with E-state index in [0.717, 1.165) is 8.54 Å². The fraction of sp³-hybridized carbons (Fsp3) is 0.286. The number of aliphatic hydroxyl groups excluding tert-OH is 1. The maximum atomic E-state index is 12.6. The number of nitrogens with zero attached hydrogens (tertiary/aromatic N) is 3. The maximum absolute atomic E-state index is 12.6. The molecule has 2 rings (SSSR count). The highest BCUT2D eigenvalue weighted by atomic mass is 32.2. The molecule has 0 aliphatic carbocycles. The Morgan fingerprint density at radius 1 is 1.56 bits per heavy atom. The van der Waals surface area contributed by atoms with Crippen LogP contribution in [0.4, 0.5) is 3.89 Å². The molecule has 0 spiro atoms. The summed E-state index contributed by atoms with van der Waals surface area (Å²) in [5.74, 6) is -0.0331. The molecule has 0 aliphatic rings. The van der Waals surface area contributed by atoms with Crippen molar-refractivity contribution in [3.63, 3.8) is 0 Å². The molecule has 0 bridgehead atoms. The summed E-state index contributed by atoms with van der Waals surface area (Å²) in [7, 11) is 1.39. The average Bonchev–Trinajstić information content (AvgIpc) is 2.64. The zero-order chi connectivity index (χ0) is 11.9. The van der Waals surface area contributed by atoms with Crippen LogP contribution >= 0.6 is 12.3 Å². The Bertz CT molecular complexity index is 658. The Morgan fingerprint density at radius 2 is 2.25 bits per heavy atom. The van der Waals surface area contributed by atoms with E-state index < -0.39 is 17.9 Å². The van der Waals surface area contributed by atoms with Crippen LogP contribution in [0.1, 0.15) is 5.82 Å². The Morgan fingerprint density at radius 3 is 2.81 bits per heavy atom. The number of fused-ring (bicyclic) bond motifs is 1. The van der Waals surface area contributed by atoms with Crippen LogP contribution in [-0.2, 0) is 13.7 Å². The molecule has 16 heavy (non-hydrogen) atoms. The predicted molar refractivity (Wildman–Crippen MR) is 55.6 cm³/mol. The Hall–Kier alpha value is -1.61. The lowest BCUT2D eigenvalue weighted by Gasteiger charge is -1.98. The Kier molecular flexibility index (Phi) is 2.56. The molecule has 0 unspecified atom stereocenters. The van der Waals surface area contributed by atoms with Crippen molar-refractivity contribution in [3.05, 3.63) is 26.7 Å². The van der Waals surface area contributed by atoms with Crippen LogP contribution < -0.4 is 11.2 Å². The monoisotopic (exact) mass is 246 g/mol. The fourth-order valence-electron chi connectivity index (χ4n) is 1.38. The van der Waals surface area contributed by atoms with Crippen LogP contribution in [0.25, 0.3) is 11.2 Å². The molecular formula is C7H7FN4O3S. The van der Waals surface area contributed by atoms with Crippen molar-refractivity contribution in [3.8, 4) is 0 Å². The summed E-state index contributed by atoms with van der Waals surface area (Å²) in [4.78, 5) is 28.6. The first-order valence-electron chi connectivity index (χ1n) is 4.20. The van der Waals surface area contributed by atoms with E-state index in [0.29, 0.717) is 0 Å². The quantitative estimate of drug-likeness (QED) is 0.730. The fourth-order valence-corrected chi connectivity index (χ4v) is 1.79. The first-order valence-corrected chi connectivity index (χ1v) is 4.88. The van der Waals surface area contributed by atoms with Gasteiger partial charge in [0.1, 0.15) is 12.4 Å². The molecule has 86 valence electrons. The van der Waals surface area contributed by atoms with Gasteiger partial charge in [-0.25, -0.2) is 13.8 Å². The van der Waals surface area contributed by atoms with E-state index in [1.807, 2.05) is 4.98 Å². The molecule has 0 atom stereocenters. The highest BCUT2D eigenvalue weighted by Gasteiger charge is 2.17. The standard InChI is InChI=1S/C7H7FN4O3S/c1-11-5-4(6(14)10-7(11)15)12(16-8)3(2-13)9-5/h13H,2H2,1H3,(H,10,14,15). The van der Waals surface area contributed by atoms with E-state index in [2.05, 4.69) is 4.98 Å². The SMILES string of the molecule is Cn1c(=O)[nH]c(=O)c2c1nc(CO)n2SF. The number of H-pyrrole nitrogens is 1. The minimum atomic E-state index is -0.740. The topological polar surface area (TPSA) is 92.9 Å². The van der Waals surface area contributed by atoms with Crippen molar-refractivity contribution in [2.45, 2.75) is 6.61 Å². The molecule has 0 fully saturated rings. The average molecular weight is 246 g/mol. The van der Waals surface area contributed by atoms with Gasteiger partial charge < -0.3 is 5.11 Å². The van der Waals surface area contributed by atoms with Gasteiger partial charge in [0.15, 0.2) is 23.5 Å². The van der Waals surface area contributed by atoms with Crippen molar-refractivity contribution in [1.82, 2.24) is 18.5 Å². The highest BCUT2D eigenvalue weighted by Crippen LogP contribution is 2.18. The van der Waals surface area contributed by atoms with E-state index in [-0.39, 0.29) is 29.3 Å². The molecule has 2 aromatic rings. The van der Waals surface area contributed by atoms with E-state index in [1.54, 1.807) is 0 Å². The van der Waals surface area contributed by atoms with Gasteiger partial charge in [-0.15, -0.1) is 3.89 Å². The summed E-state index contributed by atoms with van der Waals surface area (Å²) in [5, 5.41) is 8.94. The number of nitrogens with one attached hydrogen (secondary N) is 1. The second-order valence-electron chi connectivity index (χ2n) is 3.04. The van der Waals surface area contributed by atoms with Crippen LogP contribution in [-0.4, -0.2) is 23.6 Å². The van der Waals surface area contributed by atoms with Gasteiger partial charge in [-0.05, 0) is 0 Å². The van der Waals surface area contributed by atoms with Crippen molar-refractivity contribution in [1.29, 1.82) is 0 Å². The predicted octanol–water partition coefficient (Wildman–Crippen LogP) is -0.704. The third-order valence-corrected chi connectivity index (χ3v) is 2.68. The van der Waals surface area contributed by atoms with E-state index >= 15 is 0 Å². The van der Waals surface area contributed by atoms with Crippen LogP contribution in [0, 0.1) is 0 Å². The van der Waals surface area contributed by atoms with Gasteiger partial charge in [-0.2, -0.15) is 0 Å². The summed E-state index contributed by atoms with van der Waals surface area (Å²) in [5.41, 5.74) is -1.45. The summed E-state index contributed by atoms with van der Waals surface area (Å²) < 4.78 is 14.5. The van der Waals surface area contributed by atoms with Crippen LogP contribution in [0.2, 0.25) is 0 Å². The summed E-state index contributed by atoms with van der Waals surface area (Å²) in [6, 6.07) is 0. The minimum absolute atomic E-state index is 0.0305. The van der Waals surface area contributed by atoms with Crippen molar-refractivity contribution in [2.24, 2.45) is 7.05 Å². The van der Waals surface area contributed by atoms with Crippen LogP contribution in [0.15, 0.2) is 9.59 Å². The van der Waals surface area contributed by atoms with E-state index in [4.69, 9.17) is 5.11 Å². The zero-order valence-electron chi connectivity index (χ0n) is 8.10. The second kappa shape index (κ2) is 3.76. The van der Waals surface area contributed by atoms with Crippen molar-refractivity contribution in [2.75, 3.05) is 0 Å². The Labute approximate surface area is 92.0 Å². The van der Waals surface area contributed by atoms with Gasteiger partial charge >= 0.3 is 5.69 Å². The molecule has 2 aromatic heterocycles. The molecule has 7 nitrogen and oxygen atoms in total. The number of hydrogen-bond acceptors (Lipinski definition) is 5. The summed E-state index contributed by atoms with van der Waals surface area (Å²) >= 11 is -0.256. The molecule has 0 saturated carbocycles. The third-order valence-electron chi connectivity index (χ3n) is 2.15.